The fraction of sp³-hybridized carbons (Fsp3) is 0. The van der Waals surface area contributed by atoms with E-state index in [9.17, 15) is 0 Å². The number of furan rings is 1. The molecule has 0 aliphatic rings. The molecule has 0 N–H and O–H groups in total. The van der Waals surface area contributed by atoms with Gasteiger partial charge in [0.2, 0.25) is 0 Å². The molecule has 3 nitrogen and oxygen atoms in total. The molecule has 0 spiro atoms. The molecular weight excluding hydrogens is 789 g/mol. The average molecular weight is 829 g/mol. The quantitative estimate of drug-likeness (QED) is 0.160. The summed E-state index contributed by atoms with van der Waals surface area (Å²) in [5.41, 5.74) is 15.4. The van der Waals surface area contributed by atoms with E-state index in [-0.39, 0.29) is 0 Å². The number of anilines is 3. The molecule has 0 fully saturated rings. The van der Waals surface area contributed by atoms with Gasteiger partial charge in [0.25, 0.3) is 0 Å². The van der Waals surface area contributed by atoms with Crippen molar-refractivity contribution in [2.45, 2.75) is 0 Å². The van der Waals surface area contributed by atoms with Gasteiger partial charge < -0.3 is 13.9 Å². The van der Waals surface area contributed by atoms with Gasteiger partial charge in [-0.1, -0.05) is 182 Å². The van der Waals surface area contributed by atoms with Gasteiger partial charge in [0, 0.05) is 38.5 Å². The highest BCUT2D eigenvalue weighted by molar-refractivity contribution is 6.18. The summed E-state index contributed by atoms with van der Waals surface area (Å²) in [5, 5.41) is 9.58. The highest BCUT2D eigenvalue weighted by Crippen LogP contribution is 2.47. The standard InChI is InChI=1S/C62H40N2O/c1-2-16-45-40-46(31-30-41(45)14-1)42-32-36-47(37-33-42)63(48-38-34-44(35-39-48)50-22-11-17-43-15-3-4-18-49(43)50)56-25-8-5-19-51(56)53-23-12-27-58-61(53)55-21-6-9-26-57(55)64(58)59-28-13-24-54-52-20-7-10-29-60(52)65-62(54)59/h1-40H. The van der Waals surface area contributed by atoms with Crippen LogP contribution in [-0.4, -0.2) is 4.57 Å². The van der Waals surface area contributed by atoms with Crippen LogP contribution in [0.5, 0.6) is 0 Å². The fourth-order valence-electron chi connectivity index (χ4n) is 10.2. The minimum atomic E-state index is 0.882. The molecule has 0 aliphatic heterocycles. The fourth-order valence-corrected chi connectivity index (χ4v) is 10.2. The van der Waals surface area contributed by atoms with Crippen molar-refractivity contribution in [1.29, 1.82) is 0 Å². The summed E-state index contributed by atoms with van der Waals surface area (Å²) >= 11 is 0. The van der Waals surface area contributed by atoms with Crippen LogP contribution in [0, 0.1) is 0 Å². The normalized spacial score (nSPS) is 11.7. The van der Waals surface area contributed by atoms with Gasteiger partial charge in [-0.25, -0.2) is 0 Å². The third-order valence-electron chi connectivity index (χ3n) is 13.2. The molecule has 0 saturated carbocycles. The molecule has 2 heterocycles. The molecule has 0 aliphatic carbocycles. The van der Waals surface area contributed by atoms with Crippen LogP contribution in [0.4, 0.5) is 17.1 Å². The van der Waals surface area contributed by atoms with E-state index in [1.54, 1.807) is 0 Å². The van der Waals surface area contributed by atoms with Gasteiger partial charge in [0.15, 0.2) is 5.58 Å². The lowest BCUT2D eigenvalue weighted by atomic mass is 9.96. The van der Waals surface area contributed by atoms with E-state index in [1.807, 2.05) is 6.07 Å². The van der Waals surface area contributed by atoms with Crippen molar-refractivity contribution in [1.82, 2.24) is 4.57 Å². The topological polar surface area (TPSA) is 21.3 Å². The monoisotopic (exact) mass is 828 g/mol. The van der Waals surface area contributed by atoms with E-state index in [2.05, 4.69) is 246 Å². The Bertz CT molecular complexity index is 3940. The molecule has 0 bridgehead atoms. The van der Waals surface area contributed by atoms with Gasteiger partial charge in [-0.2, -0.15) is 0 Å². The number of nitrogens with zero attached hydrogens (tertiary/aromatic N) is 2. The lowest BCUT2D eigenvalue weighted by molar-refractivity contribution is 0.666. The Balaban J connectivity index is 1.00. The lowest BCUT2D eigenvalue weighted by Crippen LogP contribution is -2.11. The summed E-state index contributed by atoms with van der Waals surface area (Å²) in [6.07, 6.45) is 0. The maximum Gasteiger partial charge on any atom is 0.159 e. The Labute approximate surface area is 376 Å². The summed E-state index contributed by atoms with van der Waals surface area (Å²) in [7, 11) is 0. The summed E-state index contributed by atoms with van der Waals surface area (Å²) in [4.78, 5) is 2.42. The number of rotatable bonds is 7. The number of para-hydroxylation sites is 4. The second-order valence-electron chi connectivity index (χ2n) is 16.8. The van der Waals surface area contributed by atoms with Crippen molar-refractivity contribution >= 4 is 82.4 Å². The lowest BCUT2D eigenvalue weighted by Gasteiger charge is -2.28. The molecular formula is C62H40N2O. The van der Waals surface area contributed by atoms with Crippen molar-refractivity contribution in [2.75, 3.05) is 4.90 Å². The Morgan fingerprint density at radius 1 is 0.338 bits per heavy atom. The molecule has 0 atom stereocenters. The zero-order valence-electron chi connectivity index (χ0n) is 35.4. The van der Waals surface area contributed by atoms with Gasteiger partial charge in [-0.3, -0.25) is 0 Å². The summed E-state index contributed by atoms with van der Waals surface area (Å²) in [6.45, 7) is 0. The third kappa shape index (κ3) is 6.05. The van der Waals surface area contributed by atoms with E-state index < -0.39 is 0 Å². The predicted octanol–water partition coefficient (Wildman–Crippen LogP) is 17.5. The van der Waals surface area contributed by atoms with Crippen molar-refractivity contribution in [3.8, 4) is 39.1 Å². The van der Waals surface area contributed by atoms with Crippen LogP contribution in [0.1, 0.15) is 0 Å². The van der Waals surface area contributed by atoms with Crippen LogP contribution in [0.15, 0.2) is 247 Å². The molecule has 0 unspecified atom stereocenters. The zero-order valence-corrected chi connectivity index (χ0v) is 35.4. The van der Waals surface area contributed by atoms with E-state index in [4.69, 9.17) is 4.42 Å². The number of benzene rings is 11. The molecule has 65 heavy (non-hydrogen) atoms. The van der Waals surface area contributed by atoms with Crippen LogP contribution in [-0.2, 0) is 0 Å². The van der Waals surface area contributed by atoms with Crippen molar-refractivity contribution in [2.24, 2.45) is 0 Å². The molecule has 0 amide bonds. The van der Waals surface area contributed by atoms with Crippen molar-refractivity contribution in [3.63, 3.8) is 0 Å². The first kappa shape index (κ1) is 36.9. The Kier molecular flexibility index (Phi) is 8.53. The summed E-state index contributed by atoms with van der Waals surface area (Å²) < 4.78 is 9.04. The van der Waals surface area contributed by atoms with E-state index in [1.165, 1.54) is 54.6 Å². The molecule has 3 heteroatoms. The number of fused-ring (bicyclic) bond motifs is 8. The number of hydrogen-bond donors (Lipinski definition) is 0. The second-order valence-corrected chi connectivity index (χ2v) is 16.8. The highest BCUT2D eigenvalue weighted by atomic mass is 16.3. The number of aromatic nitrogens is 1. The number of hydrogen-bond acceptors (Lipinski definition) is 2. The average Bonchev–Trinajstić information content (AvgIpc) is 3.93. The van der Waals surface area contributed by atoms with Crippen LogP contribution >= 0.6 is 0 Å². The maximum atomic E-state index is 6.65. The van der Waals surface area contributed by atoms with Gasteiger partial charge >= 0.3 is 0 Å². The Morgan fingerprint density at radius 3 is 1.75 bits per heavy atom. The van der Waals surface area contributed by atoms with Crippen LogP contribution in [0.3, 0.4) is 0 Å². The third-order valence-corrected chi connectivity index (χ3v) is 13.2. The predicted molar refractivity (Wildman–Crippen MR) is 274 cm³/mol. The molecule has 304 valence electrons. The van der Waals surface area contributed by atoms with Crippen LogP contribution < -0.4 is 4.90 Å². The molecule has 13 aromatic rings. The highest BCUT2D eigenvalue weighted by Gasteiger charge is 2.23. The van der Waals surface area contributed by atoms with E-state index in [0.29, 0.717) is 0 Å². The summed E-state index contributed by atoms with van der Waals surface area (Å²) in [6, 6.07) is 87.8. The van der Waals surface area contributed by atoms with Gasteiger partial charge in [-0.15, -0.1) is 0 Å². The molecule has 11 aromatic carbocycles. The minimum Gasteiger partial charge on any atom is -0.454 e. The van der Waals surface area contributed by atoms with Gasteiger partial charge in [0.05, 0.1) is 22.4 Å². The Hall–Kier alpha value is -8.66. The zero-order chi connectivity index (χ0) is 42.8. The van der Waals surface area contributed by atoms with Crippen LogP contribution in [0.25, 0.3) is 104 Å². The van der Waals surface area contributed by atoms with Crippen LogP contribution in [0.2, 0.25) is 0 Å². The first-order valence-electron chi connectivity index (χ1n) is 22.2. The van der Waals surface area contributed by atoms with Gasteiger partial charge in [0.1, 0.15) is 5.58 Å². The largest absolute Gasteiger partial charge is 0.454 e. The molecule has 2 aromatic heterocycles. The molecule has 13 rings (SSSR count). The maximum absolute atomic E-state index is 6.65. The first-order chi connectivity index (χ1) is 32.2. The minimum absolute atomic E-state index is 0.882. The Morgan fingerprint density at radius 2 is 0.908 bits per heavy atom. The smallest absolute Gasteiger partial charge is 0.159 e. The van der Waals surface area contributed by atoms with Crippen molar-refractivity contribution in [3.05, 3.63) is 243 Å². The second kappa shape index (κ2) is 15.0. The van der Waals surface area contributed by atoms with Crippen molar-refractivity contribution < 1.29 is 4.42 Å². The first-order valence-corrected chi connectivity index (χ1v) is 22.2. The summed E-state index contributed by atoms with van der Waals surface area (Å²) in [5.74, 6) is 0. The molecule has 0 radical (unpaired) electrons. The SMILES string of the molecule is c1ccc(N(c2ccc(-c3ccc4ccccc4c3)cc2)c2ccc(-c3cccc4ccccc34)cc2)c(-c2cccc3c2c2ccccc2n3-c2cccc3c2oc2ccccc23)c1. The molecule has 0 saturated heterocycles. The van der Waals surface area contributed by atoms with Gasteiger partial charge in [-0.05, 0) is 110 Å². The van der Waals surface area contributed by atoms with E-state index in [0.717, 1.165) is 66.8 Å². The van der Waals surface area contributed by atoms with E-state index >= 15 is 0 Å².